The standard InChI is InChI=1S/C10H16O2/c1-3-4-5-10(11)12-8(2)9-6-7-9/h9H,2-7H2,1H3. The largest absolute Gasteiger partial charge is 0.431 e. The molecule has 1 aliphatic rings. The van der Waals surface area contributed by atoms with Crippen LogP contribution >= 0.6 is 0 Å². The molecule has 0 unspecified atom stereocenters. The molecule has 0 aromatic rings. The van der Waals surface area contributed by atoms with Gasteiger partial charge in [0.15, 0.2) is 0 Å². The quantitative estimate of drug-likeness (QED) is 0.466. The van der Waals surface area contributed by atoms with Crippen molar-refractivity contribution in [2.75, 3.05) is 0 Å². The Labute approximate surface area is 73.6 Å². The first-order valence-corrected chi connectivity index (χ1v) is 4.63. The fraction of sp³-hybridized carbons (Fsp3) is 0.700. The Morgan fingerprint density at radius 1 is 1.58 bits per heavy atom. The van der Waals surface area contributed by atoms with Crippen molar-refractivity contribution >= 4 is 5.97 Å². The van der Waals surface area contributed by atoms with E-state index in [1.807, 2.05) is 0 Å². The number of unbranched alkanes of at least 4 members (excludes halogenated alkanes) is 1. The zero-order valence-electron chi connectivity index (χ0n) is 7.64. The smallest absolute Gasteiger partial charge is 0.310 e. The summed E-state index contributed by atoms with van der Waals surface area (Å²) in [6.07, 6.45) is 4.75. The first-order chi connectivity index (χ1) is 5.74. The SMILES string of the molecule is C=C(OC(=O)CCCC)C1CC1. The highest BCUT2D eigenvalue weighted by Gasteiger charge is 2.27. The van der Waals surface area contributed by atoms with E-state index in [0.717, 1.165) is 25.7 Å². The van der Waals surface area contributed by atoms with Gasteiger partial charge in [0.1, 0.15) is 5.76 Å². The second kappa shape index (κ2) is 4.29. The third kappa shape index (κ3) is 3.07. The van der Waals surface area contributed by atoms with Gasteiger partial charge in [-0.25, -0.2) is 0 Å². The summed E-state index contributed by atoms with van der Waals surface area (Å²) < 4.78 is 5.04. The van der Waals surface area contributed by atoms with Crippen LogP contribution in [-0.4, -0.2) is 5.97 Å². The van der Waals surface area contributed by atoms with Crippen molar-refractivity contribution in [1.82, 2.24) is 0 Å². The van der Waals surface area contributed by atoms with Gasteiger partial charge in [-0.1, -0.05) is 19.9 Å². The van der Waals surface area contributed by atoms with Crippen LogP contribution in [-0.2, 0) is 9.53 Å². The lowest BCUT2D eigenvalue weighted by molar-refractivity contribution is -0.139. The van der Waals surface area contributed by atoms with E-state index >= 15 is 0 Å². The molecule has 1 rings (SSSR count). The zero-order valence-corrected chi connectivity index (χ0v) is 7.64. The third-order valence-electron chi connectivity index (χ3n) is 2.01. The maximum absolute atomic E-state index is 11.1. The summed E-state index contributed by atoms with van der Waals surface area (Å²) in [5.74, 6) is 1.03. The Bertz CT molecular complexity index is 180. The fourth-order valence-corrected chi connectivity index (χ4v) is 1.01. The summed E-state index contributed by atoms with van der Waals surface area (Å²) in [5, 5.41) is 0. The van der Waals surface area contributed by atoms with Crippen LogP contribution in [0, 0.1) is 5.92 Å². The van der Waals surface area contributed by atoms with Crippen molar-refractivity contribution < 1.29 is 9.53 Å². The minimum absolute atomic E-state index is 0.117. The lowest BCUT2D eigenvalue weighted by atomic mass is 10.2. The molecule has 1 aliphatic carbocycles. The first kappa shape index (κ1) is 9.30. The van der Waals surface area contributed by atoms with Crippen LogP contribution in [0.1, 0.15) is 39.0 Å². The molecule has 0 heterocycles. The van der Waals surface area contributed by atoms with E-state index in [0.29, 0.717) is 18.1 Å². The maximum Gasteiger partial charge on any atom is 0.310 e. The molecule has 0 N–H and O–H groups in total. The van der Waals surface area contributed by atoms with Crippen molar-refractivity contribution in [2.45, 2.75) is 39.0 Å². The molecule has 0 aliphatic heterocycles. The van der Waals surface area contributed by atoms with Crippen LogP contribution < -0.4 is 0 Å². The molecule has 0 radical (unpaired) electrons. The normalized spacial score (nSPS) is 15.8. The van der Waals surface area contributed by atoms with Gasteiger partial charge in [0.2, 0.25) is 0 Å². The average molecular weight is 168 g/mol. The molecule has 12 heavy (non-hydrogen) atoms. The molecule has 0 aromatic carbocycles. The van der Waals surface area contributed by atoms with Gasteiger partial charge >= 0.3 is 5.97 Å². The molecule has 1 saturated carbocycles. The molecule has 0 atom stereocenters. The maximum atomic E-state index is 11.1. The molecule has 0 aromatic heterocycles. The summed E-state index contributed by atoms with van der Waals surface area (Å²) in [6.45, 7) is 5.78. The van der Waals surface area contributed by atoms with Crippen LogP contribution in [0.4, 0.5) is 0 Å². The van der Waals surface area contributed by atoms with E-state index in [-0.39, 0.29) is 5.97 Å². The van der Waals surface area contributed by atoms with Crippen LogP contribution in [0.2, 0.25) is 0 Å². The summed E-state index contributed by atoms with van der Waals surface area (Å²) in [4.78, 5) is 11.1. The average Bonchev–Trinajstić information content (AvgIpc) is 2.82. The summed E-state index contributed by atoms with van der Waals surface area (Å²) >= 11 is 0. The summed E-state index contributed by atoms with van der Waals surface area (Å²) in [7, 11) is 0. The minimum atomic E-state index is -0.117. The molecule has 2 nitrogen and oxygen atoms in total. The van der Waals surface area contributed by atoms with Gasteiger partial charge in [-0.3, -0.25) is 4.79 Å². The Hall–Kier alpha value is -0.790. The van der Waals surface area contributed by atoms with Crippen molar-refractivity contribution in [3.8, 4) is 0 Å². The number of hydrogen-bond donors (Lipinski definition) is 0. The molecule has 68 valence electrons. The molecule has 0 bridgehead atoms. The summed E-state index contributed by atoms with van der Waals surface area (Å²) in [6, 6.07) is 0. The predicted molar refractivity (Wildman–Crippen MR) is 47.5 cm³/mol. The Balaban J connectivity index is 2.11. The van der Waals surface area contributed by atoms with Crippen molar-refractivity contribution in [1.29, 1.82) is 0 Å². The lowest BCUT2D eigenvalue weighted by Gasteiger charge is -2.04. The lowest BCUT2D eigenvalue weighted by Crippen LogP contribution is -2.04. The number of allylic oxidation sites excluding steroid dienone is 1. The molecule has 0 saturated heterocycles. The van der Waals surface area contributed by atoms with Crippen molar-refractivity contribution in [2.24, 2.45) is 5.92 Å². The van der Waals surface area contributed by atoms with E-state index in [2.05, 4.69) is 13.5 Å². The van der Waals surface area contributed by atoms with E-state index < -0.39 is 0 Å². The van der Waals surface area contributed by atoms with Crippen LogP contribution in [0.5, 0.6) is 0 Å². The van der Waals surface area contributed by atoms with Gasteiger partial charge in [0, 0.05) is 12.3 Å². The van der Waals surface area contributed by atoms with E-state index in [1.54, 1.807) is 0 Å². The topological polar surface area (TPSA) is 26.3 Å². The Morgan fingerprint density at radius 2 is 2.25 bits per heavy atom. The van der Waals surface area contributed by atoms with Crippen LogP contribution in [0.15, 0.2) is 12.3 Å². The molecule has 0 spiro atoms. The zero-order chi connectivity index (χ0) is 8.97. The number of hydrogen-bond acceptors (Lipinski definition) is 2. The highest BCUT2D eigenvalue weighted by atomic mass is 16.5. The third-order valence-corrected chi connectivity index (χ3v) is 2.01. The number of esters is 1. The van der Waals surface area contributed by atoms with Gasteiger partial charge in [0.25, 0.3) is 0 Å². The van der Waals surface area contributed by atoms with Gasteiger partial charge in [0.05, 0.1) is 0 Å². The van der Waals surface area contributed by atoms with Gasteiger partial charge in [-0.2, -0.15) is 0 Å². The molecule has 2 heteroatoms. The highest BCUT2D eigenvalue weighted by Crippen LogP contribution is 2.36. The second-order valence-electron chi connectivity index (χ2n) is 3.32. The fourth-order valence-electron chi connectivity index (χ4n) is 1.01. The monoisotopic (exact) mass is 168 g/mol. The molecule has 1 fully saturated rings. The summed E-state index contributed by atoms with van der Waals surface area (Å²) in [5.41, 5.74) is 0. The first-order valence-electron chi connectivity index (χ1n) is 4.63. The molecular formula is C10H16O2. The number of ether oxygens (including phenoxy) is 1. The van der Waals surface area contributed by atoms with Crippen molar-refractivity contribution in [3.63, 3.8) is 0 Å². The Kier molecular flexibility index (Phi) is 3.32. The van der Waals surface area contributed by atoms with Crippen LogP contribution in [0.3, 0.4) is 0 Å². The van der Waals surface area contributed by atoms with E-state index in [4.69, 9.17) is 4.74 Å². The number of carbonyl (C=O) groups excluding carboxylic acids is 1. The van der Waals surface area contributed by atoms with Gasteiger partial charge in [-0.05, 0) is 19.3 Å². The molecular weight excluding hydrogens is 152 g/mol. The second-order valence-corrected chi connectivity index (χ2v) is 3.32. The highest BCUT2D eigenvalue weighted by molar-refractivity contribution is 5.70. The van der Waals surface area contributed by atoms with E-state index in [1.165, 1.54) is 0 Å². The van der Waals surface area contributed by atoms with Crippen molar-refractivity contribution in [3.05, 3.63) is 12.3 Å². The van der Waals surface area contributed by atoms with Gasteiger partial charge < -0.3 is 4.74 Å². The van der Waals surface area contributed by atoms with E-state index in [9.17, 15) is 4.79 Å². The predicted octanol–water partition coefficient (Wildman–Crippen LogP) is 2.64. The Morgan fingerprint density at radius 3 is 2.75 bits per heavy atom. The number of rotatable bonds is 5. The van der Waals surface area contributed by atoms with Crippen LogP contribution in [0.25, 0.3) is 0 Å². The number of carbonyl (C=O) groups is 1. The minimum Gasteiger partial charge on any atom is -0.431 e. The molecule has 0 amide bonds. The van der Waals surface area contributed by atoms with Gasteiger partial charge in [-0.15, -0.1) is 0 Å².